The molecule has 0 aliphatic rings. The highest BCUT2D eigenvalue weighted by Crippen LogP contribution is 2.18. The Morgan fingerprint density at radius 2 is 0.539 bits per heavy atom. The molecule has 0 aromatic heterocycles. The Labute approximate surface area is 472 Å². The number of carbonyl (C=O) groups is 3. The molecule has 0 bridgehead atoms. The number of rotatable bonds is 61. The first kappa shape index (κ1) is 73.1. The van der Waals surface area contributed by atoms with Gasteiger partial charge in [0.25, 0.3) is 0 Å². The molecule has 0 aliphatic carbocycles. The number of ether oxygens (including phenoxy) is 3. The van der Waals surface area contributed by atoms with Gasteiger partial charge in [-0.05, 0) is 77.0 Å². The molecule has 0 N–H and O–H groups in total. The molecule has 6 heteroatoms. The van der Waals surface area contributed by atoms with Crippen molar-refractivity contribution in [2.75, 3.05) is 13.2 Å². The molecule has 0 spiro atoms. The summed E-state index contributed by atoms with van der Waals surface area (Å²) >= 11 is 0. The molecule has 0 saturated carbocycles. The molecule has 76 heavy (non-hydrogen) atoms. The van der Waals surface area contributed by atoms with E-state index in [1.165, 1.54) is 199 Å². The Morgan fingerprint density at radius 1 is 0.276 bits per heavy atom. The van der Waals surface area contributed by atoms with E-state index >= 15 is 0 Å². The molecular formula is C70H126O6. The van der Waals surface area contributed by atoms with Crippen molar-refractivity contribution in [1.29, 1.82) is 0 Å². The maximum absolute atomic E-state index is 12.9. The number of hydrogen-bond donors (Lipinski definition) is 0. The van der Waals surface area contributed by atoms with Crippen molar-refractivity contribution >= 4 is 17.9 Å². The van der Waals surface area contributed by atoms with E-state index < -0.39 is 6.10 Å². The molecular weight excluding hydrogens is 937 g/mol. The number of carbonyl (C=O) groups excluding carboxylic acids is 3. The average molecular weight is 1060 g/mol. The van der Waals surface area contributed by atoms with Gasteiger partial charge in [0.05, 0.1) is 0 Å². The maximum Gasteiger partial charge on any atom is 0.306 e. The third-order valence-electron chi connectivity index (χ3n) is 14.7. The van der Waals surface area contributed by atoms with Crippen LogP contribution in [0.15, 0.2) is 60.8 Å². The molecule has 0 amide bonds. The van der Waals surface area contributed by atoms with Gasteiger partial charge in [0, 0.05) is 19.3 Å². The number of esters is 3. The van der Waals surface area contributed by atoms with Crippen molar-refractivity contribution in [2.45, 2.75) is 354 Å². The third kappa shape index (κ3) is 62.0. The second kappa shape index (κ2) is 64.6. The lowest BCUT2D eigenvalue weighted by atomic mass is 10.0. The second-order valence-corrected chi connectivity index (χ2v) is 22.4. The highest BCUT2D eigenvalue weighted by molar-refractivity contribution is 5.71. The standard InChI is InChI=1S/C70H126O6/c1-4-7-10-13-16-19-22-25-27-29-30-31-32-33-34-35-36-37-38-39-41-42-45-48-51-54-57-60-63-69(72)75-66-67(65-74-68(71)62-59-56-53-50-47-44-24-21-18-15-12-9-6-3)76-70(73)64-61-58-55-52-49-46-43-40-28-26-23-20-17-14-11-8-5-2/h8,11-12,15,17,20-21,24,26,28,67H,4-7,9-10,13-14,16,18-19,22-23,25,27,29-66H2,1-3H3/b11-8-,15-12-,20-17-,24-21-,28-26-. The predicted octanol–water partition coefficient (Wildman–Crippen LogP) is 22.7. The van der Waals surface area contributed by atoms with Crippen LogP contribution in [-0.2, 0) is 28.6 Å². The van der Waals surface area contributed by atoms with Crippen molar-refractivity contribution in [1.82, 2.24) is 0 Å². The van der Waals surface area contributed by atoms with Crippen LogP contribution in [0.25, 0.3) is 0 Å². The quantitative estimate of drug-likeness (QED) is 0.0261. The number of hydrogen-bond acceptors (Lipinski definition) is 6. The van der Waals surface area contributed by atoms with Crippen molar-refractivity contribution < 1.29 is 28.6 Å². The fraction of sp³-hybridized carbons (Fsp3) is 0.814. The van der Waals surface area contributed by atoms with Gasteiger partial charge in [-0.15, -0.1) is 0 Å². The predicted molar refractivity (Wildman–Crippen MR) is 330 cm³/mol. The van der Waals surface area contributed by atoms with Gasteiger partial charge in [0.1, 0.15) is 13.2 Å². The van der Waals surface area contributed by atoms with E-state index in [2.05, 4.69) is 81.5 Å². The first-order valence-corrected chi connectivity index (χ1v) is 33.3. The zero-order valence-electron chi connectivity index (χ0n) is 50.8. The Kier molecular flexibility index (Phi) is 62.2. The van der Waals surface area contributed by atoms with E-state index in [1.807, 2.05) is 0 Å². The van der Waals surface area contributed by atoms with Gasteiger partial charge in [-0.2, -0.15) is 0 Å². The summed E-state index contributed by atoms with van der Waals surface area (Å²) < 4.78 is 16.9. The summed E-state index contributed by atoms with van der Waals surface area (Å²) in [5.41, 5.74) is 0. The molecule has 0 heterocycles. The maximum atomic E-state index is 12.9. The lowest BCUT2D eigenvalue weighted by Crippen LogP contribution is -2.30. The zero-order chi connectivity index (χ0) is 55.0. The summed E-state index contributed by atoms with van der Waals surface area (Å²) in [5.74, 6) is -0.887. The summed E-state index contributed by atoms with van der Waals surface area (Å²) in [5, 5.41) is 0. The van der Waals surface area contributed by atoms with Crippen molar-refractivity contribution in [3.63, 3.8) is 0 Å². The molecule has 0 aromatic carbocycles. The minimum Gasteiger partial charge on any atom is -0.462 e. The van der Waals surface area contributed by atoms with Gasteiger partial charge in [0.2, 0.25) is 0 Å². The van der Waals surface area contributed by atoms with Gasteiger partial charge >= 0.3 is 17.9 Å². The van der Waals surface area contributed by atoms with Crippen LogP contribution < -0.4 is 0 Å². The Balaban J connectivity index is 4.20. The van der Waals surface area contributed by atoms with Crippen LogP contribution in [0.1, 0.15) is 348 Å². The lowest BCUT2D eigenvalue weighted by Gasteiger charge is -2.18. The molecule has 0 rings (SSSR count). The van der Waals surface area contributed by atoms with Gasteiger partial charge in [-0.25, -0.2) is 0 Å². The Morgan fingerprint density at radius 3 is 0.855 bits per heavy atom. The largest absolute Gasteiger partial charge is 0.462 e. The number of unbranched alkanes of at least 4 members (excludes halogenated alkanes) is 40. The van der Waals surface area contributed by atoms with E-state index in [0.717, 1.165) is 109 Å². The first-order valence-electron chi connectivity index (χ1n) is 33.3. The summed E-state index contributed by atoms with van der Waals surface area (Å²) in [7, 11) is 0. The topological polar surface area (TPSA) is 78.9 Å². The van der Waals surface area contributed by atoms with E-state index in [-0.39, 0.29) is 31.1 Å². The number of allylic oxidation sites excluding steroid dienone is 10. The molecule has 6 nitrogen and oxygen atoms in total. The summed E-state index contributed by atoms with van der Waals surface area (Å²) in [6.07, 6.45) is 82.5. The highest BCUT2D eigenvalue weighted by atomic mass is 16.6. The smallest absolute Gasteiger partial charge is 0.306 e. The van der Waals surface area contributed by atoms with Crippen LogP contribution in [0.3, 0.4) is 0 Å². The van der Waals surface area contributed by atoms with Crippen LogP contribution in [-0.4, -0.2) is 37.2 Å². The van der Waals surface area contributed by atoms with Crippen LogP contribution in [0.5, 0.6) is 0 Å². The third-order valence-corrected chi connectivity index (χ3v) is 14.7. The first-order chi connectivity index (χ1) is 37.5. The SMILES string of the molecule is CC/C=C\C/C=C\C/C=C\CCCCCCCCCC(=O)OC(COC(=O)CCCCCCC/C=C\C/C=C\CCC)COC(=O)CCCCCCCCCCCCCCCCCCCCCCCCCCCCCC. The van der Waals surface area contributed by atoms with E-state index in [9.17, 15) is 14.4 Å². The highest BCUT2D eigenvalue weighted by Gasteiger charge is 2.19. The monoisotopic (exact) mass is 1060 g/mol. The summed E-state index contributed by atoms with van der Waals surface area (Å²) in [6, 6.07) is 0. The molecule has 0 fully saturated rings. The molecule has 0 aliphatic heterocycles. The average Bonchev–Trinajstić information content (AvgIpc) is 3.42. The van der Waals surface area contributed by atoms with E-state index in [0.29, 0.717) is 19.3 Å². The molecule has 0 radical (unpaired) electrons. The normalized spacial score (nSPS) is 12.4. The second-order valence-electron chi connectivity index (χ2n) is 22.4. The van der Waals surface area contributed by atoms with Gasteiger partial charge in [-0.1, -0.05) is 313 Å². The summed E-state index contributed by atoms with van der Waals surface area (Å²) in [4.78, 5) is 38.3. The molecule has 1 atom stereocenters. The lowest BCUT2D eigenvalue weighted by molar-refractivity contribution is -0.167. The fourth-order valence-corrected chi connectivity index (χ4v) is 9.79. The molecule has 0 saturated heterocycles. The van der Waals surface area contributed by atoms with Gasteiger partial charge in [0.15, 0.2) is 6.10 Å². The van der Waals surface area contributed by atoms with Gasteiger partial charge < -0.3 is 14.2 Å². The van der Waals surface area contributed by atoms with E-state index in [4.69, 9.17) is 14.2 Å². The van der Waals surface area contributed by atoms with Crippen molar-refractivity contribution in [2.24, 2.45) is 0 Å². The van der Waals surface area contributed by atoms with Crippen molar-refractivity contribution in [3.8, 4) is 0 Å². The van der Waals surface area contributed by atoms with Crippen LogP contribution in [0, 0.1) is 0 Å². The molecule has 442 valence electrons. The minimum absolute atomic E-state index is 0.0800. The van der Waals surface area contributed by atoms with Crippen LogP contribution >= 0.6 is 0 Å². The molecule has 1 unspecified atom stereocenters. The zero-order valence-corrected chi connectivity index (χ0v) is 50.8. The minimum atomic E-state index is -0.785. The fourth-order valence-electron chi connectivity index (χ4n) is 9.79. The van der Waals surface area contributed by atoms with E-state index in [1.54, 1.807) is 0 Å². The molecule has 0 aromatic rings. The van der Waals surface area contributed by atoms with Crippen LogP contribution in [0.2, 0.25) is 0 Å². The van der Waals surface area contributed by atoms with Crippen molar-refractivity contribution in [3.05, 3.63) is 60.8 Å². The Bertz CT molecular complexity index is 1360. The summed E-state index contributed by atoms with van der Waals surface area (Å²) in [6.45, 7) is 6.50. The Hall–Kier alpha value is -2.89. The van der Waals surface area contributed by atoms with Crippen LogP contribution in [0.4, 0.5) is 0 Å². The van der Waals surface area contributed by atoms with Gasteiger partial charge in [-0.3, -0.25) is 14.4 Å².